The number of hydrogen-bond acceptors (Lipinski definition) is 4. The van der Waals surface area contributed by atoms with E-state index in [-0.39, 0.29) is 12.5 Å². The summed E-state index contributed by atoms with van der Waals surface area (Å²) in [7, 11) is -2.99. The van der Waals surface area contributed by atoms with Gasteiger partial charge in [-0.05, 0) is 6.42 Å². The summed E-state index contributed by atoms with van der Waals surface area (Å²) in [5.41, 5.74) is 0. The van der Waals surface area contributed by atoms with Crippen molar-refractivity contribution in [2.75, 3.05) is 13.7 Å². The molecule has 1 fully saturated rings. The Bertz CT molecular complexity index is 233. The summed E-state index contributed by atoms with van der Waals surface area (Å²) in [6, 6.07) is 0. The van der Waals surface area contributed by atoms with Gasteiger partial charge in [0, 0.05) is 5.92 Å². The maximum atomic E-state index is 10.9. The van der Waals surface area contributed by atoms with Crippen LogP contribution in [0.3, 0.4) is 0 Å². The van der Waals surface area contributed by atoms with Gasteiger partial charge in [-0.1, -0.05) is 0 Å². The summed E-state index contributed by atoms with van der Waals surface area (Å²) in [6.07, 6.45) is 0.545. The molecule has 78 valence electrons. The summed E-state index contributed by atoms with van der Waals surface area (Å²) in [5.74, 6) is -0.128. The third-order valence-electron chi connectivity index (χ3n) is 1.56. The van der Waals surface area contributed by atoms with E-state index >= 15 is 0 Å². The minimum Gasteiger partial charge on any atom is -0.301 e. The average molecular weight is 251 g/mol. The van der Waals surface area contributed by atoms with Gasteiger partial charge in [0.15, 0.2) is 0 Å². The molecule has 2 unspecified atom stereocenters. The average Bonchev–Trinajstić information content (AvgIpc) is 2.55. The van der Waals surface area contributed by atoms with Crippen molar-refractivity contribution < 1.29 is 23.5 Å². The highest BCUT2D eigenvalue weighted by molar-refractivity contribution is 7.47. The Morgan fingerprint density at radius 1 is 1.69 bits per heavy atom. The van der Waals surface area contributed by atoms with Gasteiger partial charge in [0.1, 0.15) is 4.33 Å². The highest BCUT2D eigenvalue weighted by atomic mass is 35.5. The SMILES string of the molecule is COOP(=O)(O)OCC1CC1(Cl)Cl. The summed E-state index contributed by atoms with van der Waals surface area (Å²) in [5, 5.41) is 0. The Hall–Kier alpha value is 0.650. The van der Waals surface area contributed by atoms with Gasteiger partial charge in [0.25, 0.3) is 0 Å². The lowest BCUT2D eigenvalue weighted by molar-refractivity contribution is -0.198. The Balaban J connectivity index is 2.23. The molecule has 2 atom stereocenters. The van der Waals surface area contributed by atoms with Crippen LogP contribution in [-0.4, -0.2) is 22.9 Å². The highest BCUT2D eigenvalue weighted by Crippen LogP contribution is 2.55. The first-order chi connectivity index (χ1) is 5.87. The number of phosphoric ester groups is 1. The van der Waals surface area contributed by atoms with E-state index in [9.17, 15) is 4.57 Å². The molecule has 0 spiro atoms. The summed E-state index contributed by atoms with van der Waals surface area (Å²) in [6.45, 7) is -0.0237. The molecule has 0 amide bonds. The second kappa shape index (κ2) is 4.03. The molecule has 0 bridgehead atoms. The van der Waals surface area contributed by atoms with E-state index in [1.807, 2.05) is 0 Å². The van der Waals surface area contributed by atoms with Gasteiger partial charge in [0.2, 0.25) is 0 Å². The Kier molecular flexibility index (Phi) is 3.63. The minimum absolute atomic E-state index is 0.0237. The fourth-order valence-electron chi connectivity index (χ4n) is 0.750. The first-order valence-corrected chi connectivity index (χ1v) is 5.70. The number of phosphoric acid groups is 1. The molecular weight excluding hydrogens is 242 g/mol. The van der Waals surface area contributed by atoms with Gasteiger partial charge in [0.05, 0.1) is 13.7 Å². The van der Waals surface area contributed by atoms with Crippen LogP contribution in [0.25, 0.3) is 0 Å². The van der Waals surface area contributed by atoms with E-state index in [0.717, 1.165) is 7.11 Å². The molecule has 0 aromatic carbocycles. The van der Waals surface area contributed by atoms with Gasteiger partial charge < -0.3 is 4.89 Å². The Labute approximate surface area is 85.4 Å². The molecule has 0 aliphatic heterocycles. The van der Waals surface area contributed by atoms with Crippen molar-refractivity contribution in [3.05, 3.63) is 0 Å². The van der Waals surface area contributed by atoms with Crippen LogP contribution in [0.15, 0.2) is 0 Å². The summed E-state index contributed by atoms with van der Waals surface area (Å²) < 4.78 is 18.5. The zero-order chi connectivity index (χ0) is 10.1. The monoisotopic (exact) mass is 250 g/mol. The van der Waals surface area contributed by atoms with Crippen LogP contribution in [0.4, 0.5) is 0 Å². The fourth-order valence-corrected chi connectivity index (χ4v) is 1.85. The highest BCUT2D eigenvalue weighted by Gasteiger charge is 2.52. The van der Waals surface area contributed by atoms with Crippen molar-refractivity contribution in [1.82, 2.24) is 0 Å². The quantitative estimate of drug-likeness (QED) is 0.349. The van der Waals surface area contributed by atoms with Crippen LogP contribution in [0.2, 0.25) is 0 Å². The normalized spacial score (nSPS) is 29.7. The lowest BCUT2D eigenvalue weighted by Crippen LogP contribution is -2.01. The molecule has 13 heavy (non-hydrogen) atoms. The first kappa shape index (κ1) is 11.7. The molecule has 0 radical (unpaired) electrons. The van der Waals surface area contributed by atoms with Gasteiger partial charge in [-0.15, -0.1) is 27.9 Å². The predicted octanol–water partition coefficient (Wildman–Crippen LogP) is 1.88. The molecular formula is C5H9Cl2O5P. The van der Waals surface area contributed by atoms with Crippen LogP contribution in [0.5, 0.6) is 0 Å². The number of rotatable bonds is 5. The smallest absolute Gasteiger partial charge is 0.301 e. The third kappa shape index (κ3) is 3.72. The Morgan fingerprint density at radius 3 is 2.62 bits per heavy atom. The molecule has 5 nitrogen and oxygen atoms in total. The summed E-state index contributed by atoms with van der Waals surface area (Å²) in [4.78, 5) is 12.9. The van der Waals surface area contributed by atoms with Crippen molar-refractivity contribution >= 4 is 31.0 Å². The lowest BCUT2D eigenvalue weighted by atomic mass is 10.5. The number of hydrogen-bond donors (Lipinski definition) is 1. The van der Waals surface area contributed by atoms with Crippen LogP contribution in [0.1, 0.15) is 6.42 Å². The van der Waals surface area contributed by atoms with E-state index in [0.29, 0.717) is 6.42 Å². The van der Waals surface area contributed by atoms with Gasteiger partial charge in [-0.2, -0.15) is 0 Å². The largest absolute Gasteiger partial charge is 0.499 e. The number of halogens is 2. The van der Waals surface area contributed by atoms with Crippen LogP contribution < -0.4 is 0 Å². The first-order valence-electron chi connectivity index (χ1n) is 3.45. The molecule has 1 saturated carbocycles. The zero-order valence-electron chi connectivity index (χ0n) is 6.77. The van der Waals surface area contributed by atoms with E-state index in [4.69, 9.17) is 28.1 Å². The van der Waals surface area contributed by atoms with E-state index < -0.39 is 12.2 Å². The molecule has 8 heteroatoms. The zero-order valence-corrected chi connectivity index (χ0v) is 9.18. The molecule has 0 heterocycles. The van der Waals surface area contributed by atoms with Crippen molar-refractivity contribution in [2.24, 2.45) is 5.92 Å². The van der Waals surface area contributed by atoms with Gasteiger partial charge >= 0.3 is 7.82 Å². The number of alkyl halides is 2. The standard InChI is InChI=1S/C5H9Cl2O5P/c1-10-12-13(8,9)11-3-4-2-5(4,6)7/h4H,2-3H2,1H3,(H,8,9). The maximum Gasteiger partial charge on any atom is 0.499 e. The molecule has 0 aromatic heterocycles. The Morgan fingerprint density at radius 2 is 2.23 bits per heavy atom. The summed E-state index contributed by atoms with van der Waals surface area (Å²) >= 11 is 11.3. The molecule has 1 aliphatic carbocycles. The van der Waals surface area contributed by atoms with Gasteiger partial charge in [-0.3, -0.25) is 4.52 Å². The van der Waals surface area contributed by atoms with Gasteiger partial charge in [-0.25, -0.2) is 9.45 Å². The molecule has 1 rings (SSSR count). The van der Waals surface area contributed by atoms with E-state index in [1.54, 1.807) is 0 Å². The maximum absolute atomic E-state index is 10.9. The van der Waals surface area contributed by atoms with E-state index in [1.165, 1.54) is 0 Å². The molecule has 0 aromatic rings. The van der Waals surface area contributed by atoms with E-state index in [2.05, 4.69) is 14.1 Å². The molecule has 1 aliphatic rings. The lowest BCUT2D eigenvalue weighted by Gasteiger charge is -2.08. The van der Waals surface area contributed by atoms with Crippen LogP contribution in [0, 0.1) is 5.92 Å². The minimum atomic E-state index is -4.10. The van der Waals surface area contributed by atoms with Crippen molar-refractivity contribution in [2.45, 2.75) is 10.8 Å². The second-order valence-electron chi connectivity index (χ2n) is 2.67. The topological polar surface area (TPSA) is 65.0 Å². The third-order valence-corrected chi connectivity index (χ3v) is 3.30. The fraction of sp³-hybridized carbons (Fsp3) is 1.00. The van der Waals surface area contributed by atoms with Crippen LogP contribution >= 0.6 is 31.0 Å². The van der Waals surface area contributed by atoms with Crippen molar-refractivity contribution in [3.63, 3.8) is 0 Å². The second-order valence-corrected chi connectivity index (χ2v) is 5.55. The molecule has 0 saturated heterocycles. The van der Waals surface area contributed by atoms with Crippen molar-refractivity contribution in [1.29, 1.82) is 0 Å². The van der Waals surface area contributed by atoms with Crippen LogP contribution in [-0.2, 0) is 18.7 Å². The van der Waals surface area contributed by atoms with Crippen molar-refractivity contribution in [3.8, 4) is 0 Å². The predicted molar refractivity (Wildman–Crippen MR) is 46.4 cm³/mol. The molecule has 1 N–H and O–H groups in total.